The first-order valence-electron chi connectivity index (χ1n) is 7.26. The highest BCUT2D eigenvalue weighted by Gasteiger charge is 2.38. The van der Waals surface area contributed by atoms with Gasteiger partial charge < -0.3 is 20.1 Å². The van der Waals surface area contributed by atoms with Crippen LogP contribution in [-0.2, 0) is 0 Å². The third kappa shape index (κ3) is 2.91. The number of nitrogens with one attached hydrogen (secondary N) is 1. The maximum atomic E-state index is 9.64. The summed E-state index contributed by atoms with van der Waals surface area (Å²) in [5.41, 5.74) is 1.45. The summed E-state index contributed by atoms with van der Waals surface area (Å²) in [5, 5.41) is 13.3. The van der Waals surface area contributed by atoms with Gasteiger partial charge in [-0.1, -0.05) is 6.07 Å². The van der Waals surface area contributed by atoms with Crippen LogP contribution in [0.1, 0.15) is 37.8 Å². The summed E-state index contributed by atoms with van der Waals surface area (Å²) >= 11 is 0. The molecule has 1 aromatic rings. The lowest BCUT2D eigenvalue weighted by molar-refractivity contribution is 0.0576. The predicted octanol–water partition coefficient (Wildman–Crippen LogP) is 2.54. The number of aromatic hydroxyl groups is 1. The number of ether oxygens (including phenoxy) is 1. The van der Waals surface area contributed by atoms with E-state index in [0.717, 1.165) is 12.1 Å². The van der Waals surface area contributed by atoms with Crippen molar-refractivity contribution in [3.63, 3.8) is 0 Å². The maximum absolute atomic E-state index is 9.64. The van der Waals surface area contributed by atoms with Gasteiger partial charge in [0.15, 0.2) is 11.5 Å². The van der Waals surface area contributed by atoms with Crippen LogP contribution >= 0.6 is 0 Å². The van der Waals surface area contributed by atoms with Crippen LogP contribution in [0.25, 0.3) is 0 Å². The Hall–Kier alpha value is -1.26. The van der Waals surface area contributed by atoms with Crippen molar-refractivity contribution in [3.05, 3.63) is 23.8 Å². The number of rotatable bonds is 6. The van der Waals surface area contributed by atoms with Crippen LogP contribution in [0.3, 0.4) is 0 Å². The zero-order valence-corrected chi connectivity index (χ0v) is 12.9. The van der Waals surface area contributed by atoms with E-state index in [1.165, 1.54) is 19.3 Å². The number of hydrogen-bond donors (Lipinski definition) is 2. The van der Waals surface area contributed by atoms with Crippen molar-refractivity contribution in [2.45, 2.75) is 37.8 Å². The molecule has 4 nitrogen and oxygen atoms in total. The van der Waals surface area contributed by atoms with Gasteiger partial charge in [0.1, 0.15) is 0 Å². The van der Waals surface area contributed by atoms with E-state index in [-0.39, 0.29) is 11.8 Å². The van der Waals surface area contributed by atoms with Crippen LogP contribution in [0.15, 0.2) is 18.2 Å². The van der Waals surface area contributed by atoms with Crippen LogP contribution < -0.4 is 10.1 Å². The normalized spacial score (nSPS) is 18.6. The molecule has 0 heterocycles. The van der Waals surface area contributed by atoms with E-state index in [4.69, 9.17) is 4.74 Å². The topological polar surface area (TPSA) is 44.7 Å². The molecule has 0 aromatic heterocycles. The van der Waals surface area contributed by atoms with E-state index in [0.29, 0.717) is 11.3 Å². The van der Waals surface area contributed by atoms with Crippen molar-refractivity contribution in [2.75, 3.05) is 27.7 Å². The highest BCUT2D eigenvalue weighted by molar-refractivity contribution is 5.42. The van der Waals surface area contributed by atoms with E-state index >= 15 is 0 Å². The van der Waals surface area contributed by atoms with Gasteiger partial charge in [-0.05, 0) is 58.0 Å². The zero-order valence-electron chi connectivity index (χ0n) is 12.9. The van der Waals surface area contributed by atoms with Gasteiger partial charge in [0.05, 0.1) is 7.11 Å². The molecule has 1 unspecified atom stereocenters. The summed E-state index contributed by atoms with van der Waals surface area (Å²) in [7, 11) is 5.90. The molecule has 1 fully saturated rings. The highest BCUT2D eigenvalue weighted by Crippen LogP contribution is 2.36. The van der Waals surface area contributed by atoms with Gasteiger partial charge in [-0.25, -0.2) is 0 Å². The lowest BCUT2D eigenvalue weighted by Gasteiger charge is -2.48. The van der Waals surface area contributed by atoms with Gasteiger partial charge in [-0.15, -0.1) is 0 Å². The molecule has 1 atom stereocenters. The number of phenols is 1. The average Bonchev–Trinajstić information content (AvgIpc) is 2.37. The minimum Gasteiger partial charge on any atom is -0.504 e. The Labute approximate surface area is 121 Å². The fourth-order valence-corrected chi connectivity index (χ4v) is 2.79. The quantitative estimate of drug-likeness (QED) is 0.839. The van der Waals surface area contributed by atoms with Crippen LogP contribution in [0, 0.1) is 0 Å². The molecule has 1 saturated carbocycles. The van der Waals surface area contributed by atoms with Gasteiger partial charge >= 0.3 is 0 Å². The molecule has 0 aliphatic heterocycles. The fourth-order valence-electron chi connectivity index (χ4n) is 2.79. The van der Waals surface area contributed by atoms with Crippen molar-refractivity contribution < 1.29 is 9.84 Å². The van der Waals surface area contributed by atoms with Crippen molar-refractivity contribution >= 4 is 0 Å². The Morgan fingerprint density at radius 1 is 1.40 bits per heavy atom. The first-order chi connectivity index (χ1) is 9.48. The molecular formula is C16H26N2O2. The summed E-state index contributed by atoms with van der Waals surface area (Å²) in [5.74, 6) is 0.717. The zero-order chi connectivity index (χ0) is 14.8. The second-order valence-corrected chi connectivity index (χ2v) is 6.01. The summed E-state index contributed by atoms with van der Waals surface area (Å²) in [6.45, 7) is 3.14. The number of hydrogen-bond acceptors (Lipinski definition) is 4. The molecule has 0 saturated heterocycles. The van der Waals surface area contributed by atoms with Crippen LogP contribution in [0.4, 0.5) is 0 Å². The summed E-state index contributed by atoms with van der Waals surface area (Å²) in [6.07, 6.45) is 3.85. The maximum Gasteiger partial charge on any atom is 0.160 e. The first kappa shape index (κ1) is 15.1. The Morgan fingerprint density at radius 2 is 2.10 bits per heavy atom. The first-order valence-corrected chi connectivity index (χ1v) is 7.26. The van der Waals surface area contributed by atoms with E-state index < -0.39 is 0 Å². The number of methoxy groups -OCH3 is 1. The number of benzene rings is 1. The Kier molecular flexibility index (Phi) is 4.55. The summed E-state index contributed by atoms with van der Waals surface area (Å²) in [4.78, 5) is 2.34. The molecule has 1 aliphatic rings. The summed E-state index contributed by atoms with van der Waals surface area (Å²) < 4.78 is 5.17. The van der Waals surface area contributed by atoms with Crippen molar-refractivity contribution in [1.29, 1.82) is 0 Å². The van der Waals surface area contributed by atoms with Crippen molar-refractivity contribution in [1.82, 2.24) is 10.2 Å². The number of nitrogens with zero attached hydrogens (tertiary/aromatic N) is 1. The van der Waals surface area contributed by atoms with Crippen LogP contribution in [0.5, 0.6) is 11.5 Å². The second kappa shape index (κ2) is 6.02. The molecule has 20 heavy (non-hydrogen) atoms. The molecule has 0 amide bonds. The molecular weight excluding hydrogens is 252 g/mol. The standard InChI is InChI=1S/C16H26N2O2/c1-12(13-6-7-14(19)15(10-13)20-4)17-11-16(18(2)3)8-5-9-16/h6-7,10,12,17,19H,5,8-9,11H2,1-4H3. The molecule has 0 bridgehead atoms. The van der Waals surface area contributed by atoms with E-state index in [9.17, 15) is 5.11 Å². The highest BCUT2D eigenvalue weighted by atomic mass is 16.5. The molecule has 0 spiro atoms. The predicted molar refractivity (Wildman–Crippen MR) is 81.3 cm³/mol. The molecule has 112 valence electrons. The van der Waals surface area contributed by atoms with Gasteiger partial charge in [-0.2, -0.15) is 0 Å². The monoisotopic (exact) mass is 278 g/mol. The fraction of sp³-hybridized carbons (Fsp3) is 0.625. The molecule has 4 heteroatoms. The number of likely N-dealkylation sites (N-methyl/N-ethyl adjacent to an activating group) is 1. The van der Waals surface area contributed by atoms with E-state index in [2.05, 4.69) is 31.2 Å². The Balaban J connectivity index is 1.99. The van der Waals surface area contributed by atoms with E-state index in [1.54, 1.807) is 13.2 Å². The van der Waals surface area contributed by atoms with Gasteiger partial charge in [-0.3, -0.25) is 0 Å². The molecule has 2 N–H and O–H groups in total. The van der Waals surface area contributed by atoms with Gasteiger partial charge in [0.25, 0.3) is 0 Å². The smallest absolute Gasteiger partial charge is 0.160 e. The SMILES string of the molecule is COc1cc(C(C)NCC2(N(C)C)CCC2)ccc1O. The second-order valence-electron chi connectivity index (χ2n) is 6.01. The number of phenolic OH excluding ortho intramolecular Hbond substituents is 1. The van der Waals surface area contributed by atoms with Crippen molar-refractivity contribution in [3.8, 4) is 11.5 Å². The lowest BCUT2D eigenvalue weighted by atomic mass is 9.75. The average molecular weight is 278 g/mol. The van der Waals surface area contributed by atoms with Crippen molar-refractivity contribution in [2.24, 2.45) is 0 Å². The summed E-state index contributed by atoms with van der Waals surface area (Å²) in [6, 6.07) is 5.77. The minimum atomic E-state index is 0.187. The largest absolute Gasteiger partial charge is 0.504 e. The molecule has 2 rings (SSSR count). The van der Waals surface area contributed by atoms with Gasteiger partial charge in [0.2, 0.25) is 0 Å². The Morgan fingerprint density at radius 3 is 2.60 bits per heavy atom. The lowest BCUT2D eigenvalue weighted by Crippen LogP contribution is -2.56. The molecule has 1 aromatic carbocycles. The molecule has 1 aliphatic carbocycles. The third-order valence-corrected chi connectivity index (χ3v) is 4.67. The Bertz CT molecular complexity index is 456. The third-order valence-electron chi connectivity index (χ3n) is 4.67. The van der Waals surface area contributed by atoms with Crippen LogP contribution in [0.2, 0.25) is 0 Å². The van der Waals surface area contributed by atoms with E-state index in [1.807, 2.05) is 12.1 Å². The van der Waals surface area contributed by atoms with Crippen LogP contribution in [-0.4, -0.2) is 43.3 Å². The minimum absolute atomic E-state index is 0.187. The molecule has 0 radical (unpaired) electrons. The van der Waals surface area contributed by atoms with Gasteiger partial charge in [0, 0.05) is 18.1 Å².